The van der Waals surface area contributed by atoms with E-state index in [1.54, 1.807) is 12.1 Å². The molecule has 2 fully saturated rings. The first-order valence-electron chi connectivity index (χ1n) is 6.36. The Labute approximate surface area is 101 Å². The zero-order valence-corrected chi connectivity index (χ0v) is 9.89. The van der Waals surface area contributed by atoms with Gasteiger partial charge in [-0.3, -0.25) is 0 Å². The molecule has 1 aliphatic heterocycles. The van der Waals surface area contributed by atoms with E-state index in [1.165, 1.54) is 6.42 Å². The van der Waals surface area contributed by atoms with Crippen LogP contribution in [-0.4, -0.2) is 23.4 Å². The van der Waals surface area contributed by atoms with Gasteiger partial charge in [-0.1, -0.05) is 12.1 Å². The van der Waals surface area contributed by atoms with E-state index in [0.29, 0.717) is 5.75 Å². The van der Waals surface area contributed by atoms with Crippen LogP contribution in [0.25, 0.3) is 0 Å². The first kappa shape index (κ1) is 10.9. The summed E-state index contributed by atoms with van der Waals surface area (Å²) in [5, 5.41) is 9.69. The summed E-state index contributed by atoms with van der Waals surface area (Å²) in [6.07, 6.45) is 5.64. The van der Waals surface area contributed by atoms with E-state index in [2.05, 4.69) is 0 Å². The molecule has 1 aliphatic carbocycles. The maximum absolute atomic E-state index is 9.69. The monoisotopic (exact) mass is 234 g/mol. The van der Waals surface area contributed by atoms with Crippen molar-refractivity contribution in [3.63, 3.8) is 0 Å². The van der Waals surface area contributed by atoms with Crippen molar-refractivity contribution < 1.29 is 14.6 Å². The fraction of sp³-hybridized carbons (Fsp3) is 0.571. The zero-order chi connectivity index (χ0) is 11.7. The lowest BCUT2D eigenvalue weighted by Crippen LogP contribution is -2.48. The Kier molecular flexibility index (Phi) is 2.71. The number of phenols is 1. The lowest BCUT2D eigenvalue weighted by atomic mass is 9.74. The Balaban J connectivity index is 1.67. The molecule has 1 N–H and O–H groups in total. The standard InChI is InChI=1S/C14H18O3/c15-12-4-1-2-5-13(12)17-11-6-9-16-14(10-11)7-3-8-14/h1-2,4-5,11,15H,3,6-10H2. The van der Waals surface area contributed by atoms with E-state index >= 15 is 0 Å². The van der Waals surface area contributed by atoms with Crippen molar-refractivity contribution in [2.45, 2.75) is 43.8 Å². The van der Waals surface area contributed by atoms with Crippen molar-refractivity contribution in [1.29, 1.82) is 0 Å². The van der Waals surface area contributed by atoms with E-state index in [-0.39, 0.29) is 17.5 Å². The van der Waals surface area contributed by atoms with Crippen LogP contribution in [0.5, 0.6) is 11.5 Å². The SMILES string of the molecule is Oc1ccccc1OC1CCOC2(CCC2)C1. The van der Waals surface area contributed by atoms with Crippen LogP contribution in [-0.2, 0) is 4.74 Å². The molecular weight excluding hydrogens is 216 g/mol. The molecule has 1 saturated heterocycles. The maximum Gasteiger partial charge on any atom is 0.161 e. The Hall–Kier alpha value is -1.22. The predicted molar refractivity (Wildman–Crippen MR) is 64.3 cm³/mol. The Morgan fingerprint density at radius 3 is 2.82 bits per heavy atom. The molecule has 3 heteroatoms. The highest BCUT2D eigenvalue weighted by Gasteiger charge is 2.43. The average molecular weight is 234 g/mol. The van der Waals surface area contributed by atoms with Crippen LogP contribution >= 0.6 is 0 Å². The molecule has 17 heavy (non-hydrogen) atoms. The molecule has 0 aromatic heterocycles. The predicted octanol–water partition coefficient (Wildman–Crippen LogP) is 2.87. The summed E-state index contributed by atoms with van der Waals surface area (Å²) in [7, 11) is 0. The molecule has 0 bridgehead atoms. The van der Waals surface area contributed by atoms with Crippen molar-refractivity contribution in [3.8, 4) is 11.5 Å². The van der Waals surface area contributed by atoms with Crippen molar-refractivity contribution in [2.75, 3.05) is 6.61 Å². The summed E-state index contributed by atoms with van der Waals surface area (Å²) in [4.78, 5) is 0. The molecule has 1 atom stereocenters. The minimum absolute atomic E-state index is 0.0906. The van der Waals surface area contributed by atoms with Gasteiger partial charge in [0, 0.05) is 12.8 Å². The third-order valence-electron chi connectivity index (χ3n) is 3.87. The third kappa shape index (κ3) is 2.12. The summed E-state index contributed by atoms with van der Waals surface area (Å²) in [6, 6.07) is 7.17. The van der Waals surface area contributed by atoms with Gasteiger partial charge in [-0.05, 0) is 31.4 Å². The summed E-state index contributed by atoms with van der Waals surface area (Å²) in [5.74, 6) is 0.815. The maximum atomic E-state index is 9.69. The van der Waals surface area contributed by atoms with Gasteiger partial charge in [-0.25, -0.2) is 0 Å². The Morgan fingerprint density at radius 1 is 1.29 bits per heavy atom. The average Bonchev–Trinajstić information content (AvgIpc) is 2.31. The molecule has 1 heterocycles. The second kappa shape index (κ2) is 4.22. The van der Waals surface area contributed by atoms with Crippen LogP contribution in [0.15, 0.2) is 24.3 Å². The van der Waals surface area contributed by atoms with Crippen molar-refractivity contribution in [3.05, 3.63) is 24.3 Å². The summed E-state index contributed by atoms with van der Waals surface area (Å²) >= 11 is 0. The summed E-state index contributed by atoms with van der Waals surface area (Å²) in [6.45, 7) is 0.776. The van der Waals surface area contributed by atoms with Gasteiger partial charge >= 0.3 is 0 Å². The van der Waals surface area contributed by atoms with Crippen molar-refractivity contribution in [1.82, 2.24) is 0 Å². The topological polar surface area (TPSA) is 38.7 Å². The lowest BCUT2D eigenvalue weighted by Gasteiger charge is -2.46. The van der Waals surface area contributed by atoms with Gasteiger partial charge in [0.1, 0.15) is 6.10 Å². The summed E-state index contributed by atoms with van der Waals surface area (Å²) in [5.41, 5.74) is 0.0906. The molecule has 1 saturated carbocycles. The van der Waals surface area contributed by atoms with Gasteiger partial charge in [-0.15, -0.1) is 0 Å². The number of para-hydroxylation sites is 2. The molecule has 1 aromatic rings. The number of hydrogen-bond donors (Lipinski definition) is 1. The van der Waals surface area contributed by atoms with Gasteiger partial charge in [-0.2, -0.15) is 0 Å². The molecule has 1 unspecified atom stereocenters. The van der Waals surface area contributed by atoms with Crippen molar-refractivity contribution >= 4 is 0 Å². The van der Waals surface area contributed by atoms with E-state index < -0.39 is 0 Å². The number of rotatable bonds is 2. The van der Waals surface area contributed by atoms with Crippen LogP contribution in [0, 0.1) is 0 Å². The number of benzene rings is 1. The van der Waals surface area contributed by atoms with Gasteiger partial charge < -0.3 is 14.6 Å². The Morgan fingerprint density at radius 2 is 2.12 bits per heavy atom. The number of ether oxygens (including phenoxy) is 2. The van der Waals surface area contributed by atoms with E-state index in [0.717, 1.165) is 32.3 Å². The quantitative estimate of drug-likeness (QED) is 0.855. The molecule has 3 rings (SSSR count). The lowest BCUT2D eigenvalue weighted by molar-refractivity contribution is -0.153. The summed E-state index contributed by atoms with van der Waals surface area (Å²) < 4.78 is 11.7. The molecule has 92 valence electrons. The van der Waals surface area contributed by atoms with Gasteiger partial charge in [0.15, 0.2) is 11.5 Å². The first-order chi connectivity index (χ1) is 8.27. The molecule has 2 aliphatic rings. The third-order valence-corrected chi connectivity index (χ3v) is 3.87. The molecule has 3 nitrogen and oxygen atoms in total. The molecular formula is C14H18O3. The fourth-order valence-electron chi connectivity index (χ4n) is 2.74. The smallest absolute Gasteiger partial charge is 0.161 e. The second-order valence-corrected chi connectivity index (χ2v) is 5.09. The normalized spacial score (nSPS) is 26.5. The van der Waals surface area contributed by atoms with Crippen LogP contribution in [0.1, 0.15) is 32.1 Å². The molecule has 1 spiro atoms. The van der Waals surface area contributed by atoms with Crippen LogP contribution < -0.4 is 4.74 Å². The van der Waals surface area contributed by atoms with Crippen LogP contribution in [0.3, 0.4) is 0 Å². The molecule has 1 aromatic carbocycles. The minimum atomic E-state index is 0.0906. The van der Waals surface area contributed by atoms with E-state index in [1.807, 2.05) is 12.1 Å². The second-order valence-electron chi connectivity index (χ2n) is 5.09. The van der Waals surface area contributed by atoms with Gasteiger partial charge in [0.2, 0.25) is 0 Å². The minimum Gasteiger partial charge on any atom is -0.504 e. The highest BCUT2D eigenvalue weighted by Crippen LogP contribution is 2.43. The van der Waals surface area contributed by atoms with E-state index in [9.17, 15) is 5.11 Å². The van der Waals surface area contributed by atoms with Gasteiger partial charge in [0.05, 0.1) is 12.2 Å². The number of hydrogen-bond acceptors (Lipinski definition) is 3. The highest BCUT2D eigenvalue weighted by atomic mass is 16.5. The zero-order valence-electron chi connectivity index (χ0n) is 9.89. The van der Waals surface area contributed by atoms with E-state index in [4.69, 9.17) is 9.47 Å². The fourth-order valence-corrected chi connectivity index (χ4v) is 2.74. The van der Waals surface area contributed by atoms with Gasteiger partial charge in [0.25, 0.3) is 0 Å². The highest BCUT2D eigenvalue weighted by molar-refractivity contribution is 5.38. The van der Waals surface area contributed by atoms with Crippen LogP contribution in [0.2, 0.25) is 0 Å². The van der Waals surface area contributed by atoms with Crippen LogP contribution in [0.4, 0.5) is 0 Å². The molecule has 0 amide bonds. The molecule has 0 radical (unpaired) electrons. The number of phenolic OH excluding ortho intramolecular Hbond substituents is 1. The van der Waals surface area contributed by atoms with Crippen molar-refractivity contribution in [2.24, 2.45) is 0 Å². The largest absolute Gasteiger partial charge is 0.504 e. The number of aromatic hydroxyl groups is 1. The Bertz CT molecular complexity index is 398. The first-order valence-corrected chi connectivity index (χ1v) is 6.36.